The van der Waals surface area contributed by atoms with Gasteiger partial charge in [-0.05, 0) is 42.3 Å². The topological polar surface area (TPSA) is 101 Å². The maximum atomic E-state index is 12.8. The molecule has 0 fully saturated rings. The van der Waals surface area contributed by atoms with Crippen molar-refractivity contribution >= 4 is 22.6 Å². The number of hydrogen-bond acceptors (Lipinski definition) is 4. The lowest BCUT2D eigenvalue weighted by molar-refractivity contribution is -0.384. The maximum Gasteiger partial charge on any atom is 0.269 e. The first kappa shape index (κ1) is 18.4. The van der Waals surface area contributed by atoms with E-state index in [9.17, 15) is 14.9 Å². The quantitative estimate of drug-likeness (QED) is 0.394. The second-order valence-electron chi connectivity index (χ2n) is 6.76. The number of non-ortho nitro benzene ring substituents is 1. The molecule has 0 saturated heterocycles. The van der Waals surface area contributed by atoms with E-state index in [2.05, 4.69) is 15.3 Å². The van der Waals surface area contributed by atoms with Crippen LogP contribution in [0.4, 0.5) is 5.69 Å². The number of aromatic nitrogens is 2. The molecule has 7 heteroatoms. The first-order chi connectivity index (χ1) is 14.0. The molecule has 3 aromatic carbocycles. The van der Waals surface area contributed by atoms with Gasteiger partial charge in [-0.15, -0.1) is 0 Å². The molecule has 4 rings (SSSR count). The van der Waals surface area contributed by atoms with Crippen molar-refractivity contribution in [2.45, 2.75) is 13.0 Å². The summed E-state index contributed by atoms with van der Waals surface area (Å²) in [7, 11) is 0. The molecule has 0 aliphatic rings. The van der Waals surface area contributed by atoms with Crippen molar-refractivity contribution in [2.24, 2.45) is 0 Å². The van der Waals surface area contributed by atoms with Crippen LogP contribution in [0.5, 0.6) is 0 Å². The Morgan fingerprint density at radius 1 is 1.07 bits per heavy atom. The molecule has 7 nitrogen and oxygen atoms in total. The highest BCUT2D eigenvalue weighted by Gasteiger charge is 2.21. The Bertz CT molecular complexity index is 1180. The molecule has 1 amide bonds. The predicted molar refractivity (Wildman–Crippen MR) is 110 cm³/mol. The van der Waals surface area contributed by atoms with E-state index in [1.165, 1.54) is 24.3 Å². The number of nitro groups is 1. The van der Waals surface area contributed by atoms with E-state index in [-0.39, 0.29) is 11.6 Å². The highest BCUT2D eigenvalue weighted by atomic mass is 16.6. The SMILES string of the molecule is Cc1ccc2nc(C(NC(=O)c3ccc([N+](=O)[O-])cc3)c3ccccc3)[nH]c2c1. The minimum Gasteiger partial charge on any atom is -0.340 e. The van der Waals surface area contributed by atoms with Crippen molar-refractivity contribution in [1.82, 2.24) is 15.3 Å². The van der Waals surface area contributed by atoms with E-state index in [4.69, 9.17) is 0 Å². The number of hydrogen-bond donors (Lipinski definition) is 2. The number of rotatable bonds is 5. The molecular weight excluding hydrogens is 368 g/mol. The van der Waals surface area contributed by atoms with Crippen molar-refractivity contribution in [1.29, 1.82) is 0 Å². The summed E-state index contributed by atoms with van der Waals surface area (Å²) in [6.45, 7) is 2.00. The van der Waals surface area contributed by atoms with E-state index < -0.39 is 11.0 Å². The number of fused-ring (bicyclic) bond motifs is 1. The molecule has 29 heavy (non-hydrogen) atoms. The van der Waals surface area contributed by atoms with Crippen LogP contribution in [0.1, 0.15) is 33.4 Å². The van der Waals surface area contributed by atoms with Gasteiger partial charge in [0.15, 0.2) is 0 Å². The Balaban J connectivity index is 1.69. The molecule has 1 unspecified atom stereocenters. The van der Waals surface area contributed by atoms with Crippen molar-refractivity contribution in [2.75, 3.05) is 0 Å². The molecule has 0 bridgehead atoms. The lowest BCUT2D eigenvalue weighted by atomic mass is 10.1. The van der Waals surface area contributed by atoms with Crippen molar-refractivity contribution in [3.8, 4) is 0 Å². The number of aryl methyl sites for hydroxylation is 1. The number of amides is 1. The molecule has 0 radical (unpaired) electrons. The van der Waals surface area contributed by atoms with Gasteiger partial charge in [0, 0.05) is 17.7 Å². The standard InChI is InChI=1S/C22H18N4O3/c1-14-7-12-18-19(13-14)24-21(23-18)20(15-5-3-2-4-6-15)25-22(27)16-8-10-17(11-9-16)26(28)29/h2-13,20H,1H3,(H,23,24)(H,25,27). The van der Waals surface area contributed by atoms with E-state index >= 15 is 0 Å². The van der Waals surface area contributed by atoms with Gasteiger partial charge in [0.1, 0.15) is 11.9 Å². The third-order valence-corrected chi connectivity index (χ3v) is 4.68. The molecule has 0 saturated carbocycles. The predicted octanol–water partition coefficient (Wildman–Crippen LogP) is 4.30. The third-order valence-electron chi connectivity index (χ3n) is 4.68. The van der Waals surface area contributed by atoms with Crippen LogP contribution in [0.15, 0.2) is 72.8 Å². The van der Waals surface area contributed by atoms with Crippen molar-refractivity contribution in [3.05, 3.63) is 105 Å². The fraction of sp³-hybridized carbons (Fsp3) is 0.0909. The number of aromatic amines is 1. The van der Waals surface area contributed by atoms with Gasteiger partial charge in [-0.2, -0.15) is 0 Å². The maximum absolute atomic E-state index is 12.8. The molecule has 0 aliphatic heterocycles. The number of H-pyrrole nitrogens is 1. The second kappa shape index (κ2) is 7.55. The number of carbonyl (C=O) groups excluding carboxylic acids is 1. The Labute approximate surface area is 166 Å². The molecule has 2 N–H and O–H groups in total. The molecule has 1 heterocycles. The average Bonchev–Trinajstić information content (AvgIpc) is 3.15. The molecular formula is C22H18N4O3. The number of benzene rings is 3. The molecule has 0 aliphatic carbocycles. The van der Waals surface area contributed by atoms with Crippen molar-refractivity contribution in [3.63, 3.8) is 0 Å². The minimum atomic E-state index is -0.495. The van der Waals surface area contributed by atoms with Crippen LogP contribution < -0.4 is 5.32 Å². The van der Waals surface area contributed by atoms with E-state index in [1.54, 1.807) is 0 Å². The Hall–Kier alpha value is -4.00. The zero-order valence-corrected chi connectivity index (χ0v) is 15.6. The molecule has 144 valence electrons. The first-order valence-corrected chi connectivity index (χ1v) is 9.08. The fourth-order valence-electron chi connectivity index (χ4n) is 3.18. The summed E-state index contributed by atoms with van der Waals surface area (Å²) in [6.07, 6.45) is 0. The lowest BCUT2D eigenvalue weighted by Gasteiger charge is -2.17. The number of imidazole rings is 1. The van der Waals surface area contributed by atoms with Crippen LogP contribution in [-0.4, -0.2) is 20.8 Å². The number of nitrogens with zero attached hydrogens (tertiary/aromatic N) is 2. The van der Waals surface area contributed by atoms with Gasteiger partial charge in [-0.25, -0.2) is 4.98 Å². The van der Waals surface area contributed by atoms with Gasteiger partial charge in [0.2, 0.25) is 0 Å². The number of carbonyl (C=O) groups is 1. The molecule has 0 spiro atoms. The summed E-state index contributed by atoms with van der Waals surface area (Å²) in [6, 6.07) is 20.5. The minimum absolute atomic E-state index is 0.0613. The van der Waals surface area contributed by atoms with Crippen LogP contribution in [0, 0.1) is 17.0 Å². The Morgan fingerprint density at radius 3 is 2.48 bits per heavy atom. The monoisotopic (exact) mass is 386 g/mol. The molecule has 1 atom stereocenters. The van der Waals surface area contributed by atoms with Crippen LogP contribution in [0.2, 0.25) is 0 Å². The summed E-state index contributed by atoms with van der Waals surface area (Å²) in [5, 5.41) is 13.8. The van der Waals surface area contributed by atoms with Crippen LogP contribution in [0.25, 0.3) is 11.0 Å². The Morgan fingerprint density at radius 2 is 1.79 bits per heavy atom. The van der Waals surface area contributed by atoms with Gasteiger partial charge in [-0.1, -0.05) is 36.4 Å². The number of nitro benzene ring substituents is 1. The zero-order valence-electron chi connectivity index (χ0n) is 15.6. The average molecular weight is 386 g/mol. The van der Waals surface area contributed by atoms with Gasteiger partial charge in [0.05, 0.1) is 16.0 Å². The van der Waals surface area contributed by atoms with Gasteiger partial charge < -0.3 is 10.3 Å². The van der Waals surface area contributed by atoms with Crippen molar-refractivity contribution < 1.29 is 9.72 Å². The van der Waals surface area contributed by atoms with E-state index in [1.807, 2.05) is 55.5 Å². The summed E-state index contributed by atoms with van der Waals surface area (Å²) in [5.74, 6) is 0.275. The zero-order chi connectivity index (χ0) is 20.4. The smallest absolute Gasteiger partial charge is 0.269 e. The third kappa shape index (κ3) is 3.84. The van der Waals surface area contributed by atoms with Crippen LogP contribution in [0.3, 0.4) is 0 Å². The summed E-state index contributed by atoms with van der Waals surface area (Å²) in [4.78, 5) is 31.1. The second-order valence-corrected chi connectivity index (χ2v) is 6.76. The first-order valence-electron chi connectivity index (χ1n) is 9.08. The van der Waals surface area contributed by atoms with Crippen LogP contribution in [-0.2, 0) is 0 Å². The fourth-order valence-corrected chi connectivity index (χ4v) is 3.18. The van der Waals surface area contributed by atoms with E-state index in [0.717, 1.165) is 22.2 Å². The molecule has 1 aromatic heterocycles. The largest absolute Gasteiger partial charge is 0.340 e. The summed E-state index contributed by atoms with van der Waals surface area (Å²) in [5.41, 5.74) is 3.97. The van der Waals surface area contributed by atoms with E-state index in [0.29, 0.717) is 11.4 Å². The lowest BCUT2D eigenvalue weighted by Crippen LogP contribution is -2.30. The number of nitrogens with one attached hydrogen (secondary N) is 2. The van der Waals surface area contributed by atoms with Gasteiger partial charge in [-0.3, -0.25) is 14.9 Å². The molecule has 4 aromatic rings. The normalized spacial score (nSPS) is 11.9. The van der Waals surface area contributed by atoms with Gasteiger partial charge >= 0.3 is 0 Å². The van der Waals surface area contributed by atoms with Gasteiger partial charge in [0.25, 0.3) is 11.6 Å². The highest BCUT2D eigenvalue weighted by molar-refractivity contribution is 5.95. The Kier molecular flexibility index (Phi) is 4.78. The summed E-state index contributed by atoms with van der Waals surface area (Å²) >= 11 is 0. The highest BCUT2D eigenvalue weighted by Crippen LogP contribution is 2.24. The van der Waals surface area contributed by atoms with Crippen LogP contribution >= 0.6 is 0 Å². The summed E-state index contributed by atoms with van der Waals surface area (Å²) < 4.78 is 0.